The standard InChI is InChI=1S/C13H20N2O2/c1-3-17-9-13(16)15-10(2)12-6-4-11(8-14)5-7-12/h4-7,10H,3,8-9,14H2,1-2H3,(H,15,16). The predicted octanol–water partition coefficient (Wildman–Crippen LogP) is 1.36. The van der Waals surface area contributed by atoms with Crippen molar-refractivity contribution in [3.8, 4) is 0 Å². The van der Waals surface area contributed by atoms with Crippen molar-refractivity contribution in [1.29, 1.82) is 0 Å². The van der Waals surface area contributed by atoms with Crippen LogP contribution in [0.3, 0.4) is 0 Å². The molecule has 0 radical (unpaired) electrons. The molecular weight excluding hydrogens is 216 g/mol. The molecule has 0 aliphatic carbocycles. The summed E-state index contributed by atoms with van der Waals surface area (Å²) in [6.45, 7) is 5.00. The summed E-state index contributed by atoms with van der Waals surface area (Å²) < 4.78 is 5.04. The molecule has 1 aromatic carbocycles. The van der Waals surface area contributed by atoms with E-state index in [1.807, 2.05) is 38.1 Å². The number of ether oxygens (including phenoxy) is 1. The summed E-state index contributed by atoms with van der Waals surface area (Å²) in [7, 11) is 0. The second-order valence-corrected chi connectivity index (χ2v) is 3.87. The van der Waals surface area contributed by atoms with Crippen LogP contribution in [-0.4, -0.2) is 19.1 Å². The van der Waals surface area contributed by atoms with Gasteiger partial charge in [-0.2, -0.15) is 0 Å². The highest BCUT2D eigenvalue weighted by atomic mass is 16.5. The molecular formula is C13H20N2O2. The minimum atomic E-state index is -0.0951. The molecule has 1 rings (SSSR count). The summed E-state index contributed by atoms with van der Waals surface area (Å²) in [6.07, 6.45) is 0. The Kier molecular flexibility index (Phi) is 5.66. The summed E-state index contributed by atoms with van der Waals surface area (Å²) in [5.41, 5.74) is 7.67. The second kappa shape index (κ2) is 7.04. The van der Waals surface area contributed by atoms with E-state index in [1.54, 1.807) is 0 Å². The Bertz CT molecular complexity index is 349. The molecule has 0 saturated carbocycles. The average Bonchev–Trinajstić information content (AvgIpc) is 2.36. The van der Waals surface area contributed by atoms with Crippen LogP contribution in [0.1, 0.15) is 31.0 Å². The molecule has 0 aliphatic rings. The molecule has 0 fully saturated rings. The maximum atomic E-state index is 11.5. The summed E-state index contributed by atoms with van der Waals surface area (Å²) in [6, 6.07) is 7.89. The van der Waals surface area contributed by atoms with E-state index in [0.717, 1.165) is 11.1 Å². The maximum Gasteiger partial charge on any atom is 0.246 e. The van der Waals surface area contributed by atoms with Gasteiger partial charge in [-0.15, -0.1) is 0 Å². The Morgan fingerprint density at radius 3 is 2.59 bits per heavy atom. The van der Waals surface area contributed by atoms with Crippen molar-refractivity contribution in [1.82, 2.24) is 5.32 Å². The summed E-state index contributed by atoms with van der Waals surface area (Å²) in [5, 5.41) is 2.87. The van der Waals surface area contributed by atoms with Crippen LogP contribution in [0.5, 0.6) is 0 Å². The highest BCUT2D eigenvalue weighted by Gasteiger charge is 2.08. The smallest absolute Gasteiger partial charge is 0.246 e. The van der Waals surface area contributed by atoms with Gasteiger partial charge in [0.1, 0.15) is 6.61 Å². The van der Waals surface area contributed by atoms with Gasteiger partial charge in [0, 0.05) is 13.2 Å². The van der Waals surface area contributed by atoms with Crippen molar-refractivity contribution in [3.05, 3.63) is 35.4 Å². The molecule has 1 unspecified atom stereocenters. The molecule has 0 bridgehead atoms. The van der Waals surface area contributed by atoms with Gasteiger partial charge in [0.2, 0.25) is 5.91 Å². The lowest BCUT2D eigenvalue weighted by atomic mass is 10.1. The van der Waals surface area contributed by atoms with Crippen molar-refractivity contribution in [2.24, 2.45) is 5.73 Å². The van der Waals surface area contributed by atoms with Crippen LogP contribution in [0, 0.1) is 0 Å². The molecule has 0 aromatic heterocycles. The van der Waals surface area contributed by atoms with Gasteiger partial charge < -0.3 is 15.8 Å². The molecule has 1 amide bonds. The number of carbonyl (C=O) groups excluding carboxylic acids is 1. The lowest BCUT2D eigenvalue weighted by Crippen LogP contribution is -2.30. The molecule has 0 spiro atoms. The quantitative estimate of drug-likeness (QED) is 0.784. The topological polar surface area (TPSA) is 64.3 Å². The van der Waals surface area contributed by atoms with E-state index in [1.165, 1.54) is 0 Å². The molecule has 3 N–H and O–H groups in total. The van der Waals surface area contributed by atoms with Crippen LogP contribution >= 0.6 is 0 Å². The minimum Gasteiger partial charge on any atom is -0.372 e. The van der Waals surface area contributed by atoms with Gasteiger partial charge in [-0.25, -0.2) is 0 Å². The zero-order chi connectivity index (χ0) is 12.7. The third kappa shape index (κ3) is 4.54. The Balaban J connectivity index is 2.51. The van der Waals surface area contributed by atoms with E-state index in [9.17, 15) is 4.79 Å². The molecule has 4 nitrogen and oxygen atoms in total. The lowest BCUT2D eigenvalue weighted by Gasteiger charge is -2.14. The Hall–Kier alpha value is -1.39. The Morgan fingerprint density at radius 1 is 1.41 bits per heavy atom. The molecule has 1 atom stereocenters. The van der Waals surface area contributed by atoms with E-state index in [4.69, 9.17) is 10.5 Å². The number of benzene rings is 1. The van der Waals surface area contributed by atoms with Crippen molar-refractivity contribution in [2.75, 3.05) is 13.2 Å². The molecule has 0 aliphatic heterocycles. The first kappa shape index (κ1) is 13.7. The Morgan fingerprint density at radius 2 is 2.06 bits per heavy atom. The van der Waals surface area contributed by atoms with Crippen molar-refractivity contribution < 1.29 is 9.53 Å². The summed E-state index contributed by atoms with van der Waals surface area (Å²) in [5.74, 6) is -0.0951. The largest absolute Gasteiger partial charge is 0.372 e. The van der Waals surface area contributed by atoms with Gasteiger partial charge in [0.05, 0.1) is 6.04 Å². The van der Waals surface area contributed by atoms with Crippen molar-refractivity contribution in [2.45, 2.75) is 26.4 Å². The van der Waals surface area contributed by atoms with E-state index in [0.29, 0.717) is 13.2 Å². The van der Waals surface area contributed by atoms with Gasteiger partial charge in [-0.1, -0.05) is 24.3 Å². The van der Waals surface area contributed by atoms with Gasteiger partial charge in [0.15, 0.2) is 0 Å². The number of rotatable bonds is 6. The van der Waals surface area contributed by atoms with Crippen LogP contribution in [0.15, 0.2) is 24.3 Å². The molecule has 17 heavy (non-hydrogen) atoms. The maximum absolute atomic E-state index is 11.5. The zero-order valence-electron chi connectivity index (χ0n) is 10.4. The van der Waals surface area contributed by atoms with Gasteiger partial charge in [0.25, 0.3) is 0 Å². The SMILES string of the molecule is CCOCC(=O)NC(C)c1ccc(CN)cc1. The number of hydrogen-bond donors (Lipinski definition) is 2. The predicted molar refractivity (Wildman–Crippen MR) is 67.4 cm³/mol. The molecule has 1 aromatic rings. The summed E-state index contributed by atoms with van der Waals surface area (Å²) >= 11 is 0. The fourth-order valence-electron chi connectivity index (χ4n) is 1.50. The number of nitrogens with one attached hydrogen (secondary N) is 1. The normalized spacial score (nSPS) is 12.2. The summed E-state index contributed by atoms with van der Waals surface area (Å²) in [4.78, 5) is 11.5. The number of nitrogens with two attached hydrogens (primary N) is 1. The van der Waals surface area contributed by atoms with Crippen LogP contribution in [0.2, 0.25) is 0 Å². The highest BCUT2D eigenvalue weighted by Crippen LogP contribution is 2.12. The van der Waals surface area contributed by atoms with Crippen LogP contribution in [0.25, 0.3) is 0 Å². The van der Waals surface area contributed by atoms with E-state index >= 15 is 0 Å². The first-order valence-electron chi connectivity index (χ1n) is 5.83. The molecule has 4 heteroatoms. The van der Waals surface area contributed by atoms with E-state index < -0.39 is 0 Å². The zero-order valence-corrected chi connectivity index (χ0v) is 10.4. The first-order chi connectivity index (χ1) is 8.17. The highest BCUT2D eigenvalue weighted by molar-refractivity contribution is 5.77. The molecule has 0 heterocycles. The van der Waals surface area contributed by atoms with Gasteiger partial charge >= 0.3 is 0 Å². The fourth-order valence-corrected chi connectivity index (χ4v) is 1.50. The van der Waals surface area contributed by atoms with Crippen molar-refractivity contribution in [3.63, 3.8) is 0 Å². The first-order valence-corrected chi connectivity index (χ1v) is 5.83. The third-order valence-electron chi connectivity index (χ3n) is 2.53. The van der Waals surface area contributed by atoms with Crippen LogP contribution in [0.4, 0.5) is 0 Å². The van der Waals surface area contributed by atoms with Gasteiger partial charge in [-0.3, -0.25) is 4.79 Å². The van der Waals surface area contributed by atoms with Crippen LogP contribution < -0.4 is 11.1 Å². The molecule has 0 saturated heterocycles. The average molecular weight is 236 g/mol. The van der Waals surface area contributed by atoms with Crippen LogP contribution in [-0.2, 0) is 16.1 Å². The van der Waals surface area contributed by atoms with Crippen molar-refractivity contribution >= 4 is 5.91 Å². The monoisotopic (exact) mass is 236 g/mol. The third-order valence-corrected chi connectivity index (χ3v) is 2.53. The fraction of sp³-hybridized carbons (Fsp3) is 0.462. The number of hydrogen-bond acceptors (Lipinski definition) is 3. The second-order valence-electron chi connectivity index (χ2n) is 3.87. The minimum absolute atomic E-state index is 0.0187. The molecule has 94 valence electrons. The Labute approximate surface area is 102 Å². The van der Waals surface area contributed by atoms with E-state index in [-0.39, 0.29) is 18.6 Å². The number of carbonyl (C=O) groups is 1. The number of amides is 1. The lowest BCUT2D eigenvalue weighted by molar-refractivity contribution is -0.126. The van der Waals surface area contributed by atoms with E-state index in [2.05, 4.69) is 5.32 Å². The van der Waals surface area contributed by atoms with Gasteiger partial charge in [-0.05, 0) is 25.0 Å².